The van der Waals surface area contributed by atoms with Crippen molar-refractivity contribution < 1.29 is 9.53 Å². The van der Waals surface area contributed by atoms with Crippen LogP contribution in [0.3, 0.4) is 0 Å². The van der Waals surface area contributed by atoms with Crippen LogP contribution in [-0.2, 0) is 18.3 Å². The number of ether oxygens (including phenoxy) is 1. The number of methoxy groups -OCH3 is 1. The molecule has 26 heavy (non-hydrogen) atoms. The molecule has 0 fully saturated rings. The first-order valence-corrected chi connectivity index (χ1v) is 8.92. The van der Waals surface area contributed by atoms with Gasteiger partial charge in [-0.15, -0.1) is 5.10 Å². The van der Waals surface area contributed by atoms with Crippen LogP contribution in [0.25, 0.3) is 11.0 Å². The van der Waals surface area contributed by atoms with Gasteiger partial charge in [-0.05, 0) is 43.4 Å². The molecule has 0 saturated carbocycles. The van der Waals surface area contributed by atoms with Gasteiger partial charge in [0.1, 0.15) is 0 Å². The van der Waals surface area contributed by atoms with Gasteiger partial charge in [0.25, 0.3) is 0 Å². The van der Waals surface area contributed by atoms with Crippen LogP contribution in [0.1, 0.15) is 37.1 Å². The number of pyridine rings is 1. The Labute approximate surface area is 155 Å². The van der Waals surface area contributed by atoms with Gasteiger partial charge in [0.15, 0.2) is 5.65 Å². The van der Waals surface area contributed by atoms with Gasteiger partial charge in [0, 0.05) is 32.8 Å². The van der Waals surface area contributed by atoms with E-state index >= 15 is 0 Å². The lowest BCUT2D eigenvalue weighted by Crippen LogP contribution is -2.39. The molecule has 144 valence electrons. The number of aromatic nitrogens is 3. The van der Waals surface area contributed by atoms with Crippen LogP contribution in [0.4, 0.5) is 0 Å². The lowest BCUT2D eigenvalue weighted by molar-refractivity contribution is -0.131. The highest BCUT2D eigenvalue weighted by Crippen LogP contribution is 2.30. The number of carbonyl (C=O) groups is 1. The summed E-state index contributed by atoms with van der Waals surface area (Å²) in [5.41, 5.74) is 9.59. The quantitative estimate of drug-likeness (QED) is 0.815. The first-order valence-electron chi connectivity index (χ1n) is 8.92. The second-order valence-electron chi connectivity index (χ2n) is 7.75. The number of fused-ring (bicyclic) bond motifs is 1. The Kier molecular flexibility index (Phi) is 5.91. The van der Waals surface area contributed by atoms with Gasteiger partial charge in [0.2, 0.25) is 11.8 Å². The molecule has 2 aromatic rings. The molecule has 0 unspecified atom stereocenters. The number of aryl methyl sites for hydroxylation is 3. The molecule has 0 saturated heterocycles. The highest BCUT2D eigenvalue weighted by Gasteiger charge is 2.22. The van der Waals surface area contributed by atoms with Crippen LogP contribution >= 0.6 is 0 Å². The van der Waals surface area contributed by atoms with Gasteiger partial charge < -0.3 is 15.4 Å². The highest BCUT2D eigenvalue weighted by molar-refractivity contribution is 5.86. The third-order valence-electron chi connectivity index (χ3n) is 4.95. The average Bonchev–Trinajstić information content (AvgIpc) is 2.90. The Morgan fingerprint density at radius 2 is 2.00 bits per heavy atom. The van der Waals surface area contributed by atoms with Gasteiger partial charge in [-0.25, -0.2) is 9.67 Å². The molecule has 0 aliphatic heterocycles. The molecule has 0 aliphatic carbocycles. The summed E-state index contributed by atoms with van der Waals surface area (Å²) in [4.78, 5) is 19.0. The summed E-state index contributed by atoms with van der Waals surface area (Å²) >= 11 is 0. The summed E-state index contributed by atoms with van der Waals surface area (Å²) in [6.45, 7) is 9.35. The molecule has 2 aromatic heterocycles. The van der Waals surface area contributed by atoms with Crippen LogP contribution < -0.4 is 10.5 Å². The summed E-state index contributed by atoms with van der Waals surface area (Å²) in [7, 11) is 5.30. The third kappa shape index (κ3) is 3.98. The van der Waals surface area contributed by atoms with Crippen molar-refractivity contribution in [2.24, 2.45) is 18.2 Å². The van der Waals surface area contributed by atoms with Crippen LogP contribution in [-0.4, -0.2) is 52.8 Å². The lowest BCUT2D eigenvalue weighted by Gasteiger charge is -2.29. The SMILES string of the molecule is COc1nn(C)c2nc(C)c(CCC(=O)N(C)CC(C)(C)CN)c(C)c12. The van der Waals surface area contributed by atoms with E-state index in [4.69, 9.17) is 10.5 Å². The van der Waals surface area contributed by atoms with E-state index < -0.39 is 0 Å². The van der Waals surface area contributed by atoms with Crippen molar-refractivity contribution in [3.8, 4) is 5.88 Å². The predicted octanol–water partition coefficient (Wildman–Crippen LogP) is 1.97. The third-order valence-corrected chi connectivity index (χ3v) is 4.95. The summed E-state index contributed by atoms with van der Waals surface area (Å²) in [5.74, 6) is 0.686. The first kappa shape index (κ1) is 20.2. The van der Waals surface area contributed by atoms with E-state index in [1.165, 1.54) is 0 Å². The van der Waals surface area contributed by atoms with Crippen LogP contribution in [0, 0.1) is 19.3 Å². The monoisotopic (exact) mass is 361 g/mol. The maximum atomic E-state index is 12.5. The number of amides is 1. The Hall–Kier alpha value is -2.15. The highest BCUT2D eigenvalue weighted by atomic mass is 16.5. The molecule has 0 bridgehead atoms. The van der Waals surface area contributed by atoms with E-state index in [1.54, 1.807) is 16.7 Å². The summed E-state index contributed by atoms with van der Waals surface area (Å²) in [5, 5.41) is 5.29. The summed E-state index contributed by atoms with van der Waals surface area (Å²) in [6, 6.07) is 0. The predicted molar refractivity (Wildman–Crippen MR) is 103 cm³/mol. The average molecular weight is 361 g/mol. The van der Waals surface area contributed by atoms with Crippen LogP contribution in [0.2, 0.25) is 0 Å². The minimum Gasteiger partial charge on any atom is -0.479 e. The molecule has 7 nitrogen and oxygen atoms in total. The zero-order valence-electron chi connectivity index (χ0n) is 17.0. The van der Waals surface area contributed by atoms with Crippen molar-refractivity contribution in [1.82, 2.24) is 19.7 Å². The summed E-state index contributed by atoms with van der Waals surface area (Å²) < 4.78 is 7.12. The number of hydrogen-bond donors (Lipinski definition) is 1. The Morgan fingerprint density at radius 1 is 1.35 bits per heavy atom. The molecule has 0 radical (unpaired) electrons. The fourth-order valence-corrected chi connectivity index (χ4v) is 3.32. The fraction of sp³-hybridized carbons (Fsp3) is 0.632. The van der Waals surface area contributed by atoms with E-state index in [0.29, 0.717) is 31.8 Å². The summed E-state index contributed by atoms with van der Waals surface area (Å²) in [6.07, 6.45) is 1.08. The fourth-order valence-electron chi connectivity index (χ4n) is 3.32. The maximum absolute atomic E-state index is 12.5. The maximum Gasteiger partial charge on any atom is 0.242 e. The van der Waals surface area contributed by atoms with E-state index in [0.717, 1.165) is 27.9 Å². The van der Waals surface area contributed by atoms with Crippen molar-refractivity contribution in [2.45, 2.75) is 40.5 Å². The van der Waals surface area contributed by atoms with Crippen LogP contribution in [0.15, 0.2) is 0 Å². The molecule has 1 amide bonds. The lowest BCUT2D eigenvalue weighted by atomic mass is 9.93. The Morgan fingerprint density at radius 3 is 2.58 bits per heavy atom. The topological polar surface area (TPSA) is 86.3 Å². The number of nitrogens with zero attached hydrogens (tertiary/aromatic N) is 4. The molecular weight excluding hydrogens is 330 g/mol. The molecule has 2 N–H and O–H groups in total. The van der Waals surface area contributed by atoms with E-state index in [9.17, 15) is 4.79 Å². The zero-order chi connectivity index (χ0) is 19.6. The van der Waals surface area contributed by atoms with Crippen molar-refractivity contribution in [1.29, 1.82) is 0 Å². The number of nitrogens with two attached hydrogens (primary N) is 1. The molecule has 2 heterocycles. The van der Waals surface area contributed by atoms with Crippen molar-refractivity contribution >= 4 is 16.9 Å². The smallest absolute Gasteiger partial charge is 0.242 e. The van der Waals surface area contributed by atoms with Crippen molar-refractivity contribution in [3.05, 3.63) is 16.8 Å². The van der Waals surface area contributed by atoms with E-state index in [1.807, 2.05) is 27.9 Å². The normalized spacial score (nSPS) is 11.8. The van der Waals surface area contributed by atoms with Crippen LogP contribution in [0.5, 0.6) is 5.88 Å². The molecule has 0 spiro atoms. The molecule has 2 rings (SSSR count). The Balaban J connectivity index is 2.22. The number of hydrogen-bond acceptors (Lipinski definition) is 5. The van der Waals surface area contributed by atoms with Gasteiger partial charge >= 0.3 is 0 Å². The Bertz CT molecular complexity index is 810. The van der Waals surface area contributed by atoms with Gasteiger partial charge in [0.05, 0.1) is 12.5 Å². The molecule has 0 atom stereocenters. The molecule has 7 heteroatoms. The largest absolute Gasteiger partial charge is 0.479 e. The molecular formula is C19H31N5O2. The minimum absolute atomic E-state index is 0.0835. The van der Waals surface area contributed by atoms with E-state index in [-0.39, 0.29) is 11.3 Å². The van der Waals surface area contributed by atoms with Gasteiger partial charge in [-0.1, -0.05) is 13.8 Å². The zero-order valence-corrected chi connectivity index (χ0v) is 17.0. The number of carbonyl (C=O) groups excluding carboxylic acids is 1. The van der Waals surface area contributed by atoms with Crippen molar-refractivity contribution in [3.63, 3.8) is 0 Å². The standard InChI is InChI=1S/C19H31N5O2/c1-12-14(8-9-15(25)23(5)11-19(3,4)10-20)13(2)21-17-16(12)18(26-7)22-24(17)6/h8-11,20H2,1-7H3. The van der Waals surface area contributed by atoms with E-state index in [2.05, 4.69) is 23.9 Å². The second-order valence-corrected chi connectivity index (χ2v) is 7.75. The molecule has 0 aliphatic rings. The van der Waals surface area contributed by atoms with Crippen molar-refractivity contribution in [2.75, 3.05) is 27.2 Å². The van der Waals surface area contributed by atoms with Gasteiger partial charge in [-0.3, -0.25) is 4.79 Å². The second kappa shape index (κ2) is 7.61. The molecule has 0 aromatic carbocycles. The first-order chi connectivity index (χ1) is 12.1. The van der Waals surface area contributed by atoms with Gasteiger partial charge in [-0.2, -0.15) is 0 Å². The minimum atomic E-state index is -0.0835. The number of rotatable bonds is 7.